The number of phenols is 1. The molecule has 1 atom stereocenters. The van der Waals surface area contributed by atoms with E-state index in [1.165, 1.54) is 18.3 Å². The van der Waals surface area contributed by atoms with E-state index >= 15 is 4.39 Å². The van der Waals surface area contributed by atoms with E-state index in [4.69, 9.17) is 0 Å². The van der Waals surface area contributed by atoms with Crippen LogP contribution in [-0.4, -0.2) is 52.8 Å². The number of ketones is 1. The summed E-state index contributed by atoms with van der Waals surface area (Å²) < 4.78 is 32.3. The molecule has 0 radical (unpaired) electrons. The Labute approximate surface area is 209 Å². The van der Waals surface area contributed by atoms with Crippen molar-refractivity contribution in [2.24, 2.45) is 0 Å². The Hall–Kier alpha value is -3.54. The van der Waals surface area contributed by atoms with Gasteiger partial charge in [-0.25, -0.2) is 19.3 Å². The average Bonchev–Trinajstić information content (AvgIpc) is 3.41. The molecule has 1 saturated carbocycles. The van der Waals surface area contributed by atoms with Crippen LogP contribution in [-0.2, 0) is 11.5 Å². The van der Waals surface area contributed by atoms with Crippen molar-refractivity contribution < 1.29 is 18.8 Å². The first kappa shape index (κ1) is 22.9. The first-order chi connectivity index (χ1) is 17.5. The largest absolute Gasteiger partial charge is 0.573 e. The number of aromatic nitrogens is 4. The van der Waals surface area contributed by atoms with Crippen LogP contribution < -0.4 is 4.72 Å². The fraction of sp³-hybridized carbons (Fsp3) is 0.280. The number of benzene rings is 1. The predicted molar refractivity (Wildman–Crippen MR) is 133 cm³/mol. The third-order valence-electron chi connectivity index (χ3n) is 6.57. The normalized spacial score (nSPS) is 16.9. The molecule has 1 aromatic carbocycles. The second-order valence-corrected chi connectivity index (χ2v) is 10.3. The van der Waals surface area contributed by atoms with Crippen LogP contribution in [0, 0.1) is 5.82 Å². The number of pyridine rings is 1. The number of hydrogen-bond donors (Lipinski definition) is 3. The standard InChI is InChI=1S/C25H23FN6O3S/c26-22-19(31-36(35)32-7-1-2-8-32)5-6-20(33)21(22)23(34)18-13-30-25-17(18)9-15(10-29-25)16-11-27-24(28-12-16)14-3-4-14/h5-6,9-14,31,33H,1-4,7-8H2,(H,29,30). The monoisotopic (exact) mass is 506 g/mol. The average molecular weight is 507 g/mol. The van der Waals surface area contributed by atoms with E-state index in [0.29, 0.717) is 35.6 Å². The number of fused-ring (bicyclic) bond motifs is 1. The molecule has 9 nitrogen and oxygen atoms in total. The van der Waals surface area contributed by atoms with Gasteiger partial charge in [0.25, 0.3) is 0 Å². The van der Waals surface area contributed by atoms with Gasteiger partial charge in [-0.05, 0) is 43.9 Å². The number of anilines is 1. The van der Waals surface area contributed by atoms with Crippen LogP contribution >= 0.6 is 0 Å². The van der Waals surface area contributed by atoms with Gasteiger partial charge in [0.15, 0.2) is 17.4 Å². The number of aromatic hydroxyl groups is 1. The molecular formula is C25H23FN6O3S. The molecule has 3 aromatic heterocycles. The van der Waals surface area contributed by atoms with Crippen molar-refractivity contribution in [3.8, 4) is 16.9 Å². The van der Waals surface area contributed by atoms with Gasteiger partial charge in [-0.15, -0.1) is 4.31 Å². The van der Waals surface area contributed by atoms with Gasteiger partial charge in [0.1, 0.15) is 28.5 Å². The highest BCUT2D eigenvalue weighted by atomic mass is 32.2. The van der Waals surface area contributed by atoms with Gasteiger partial charge in [0, 0.05) is 65.9 Å². The van der Waals surface area contributed by atoms with E-state index in [9.17, 15) is 14.5 Å². The van der Waals surface area contributed by atoms with E-state index in [1.54, 1.807) is 29.0 Å². The van der Waals surface area contributed by atoms with Crippen LogP contribution in [0.15, 0.2) is 43.0 Å². The maximum absolute atomic E-state index is 15.4. The molecule has 4 aromatic rings. The zero-order valence-electron chi connectivity index (χ0n) is 19.2. The van der Waals surface area contributed by atoms with Gasteiger partial charge in [-0.1, -0.05) is 0 Å². The Morgan fingerprint density at radius 1 is 1.14 bits per heavy atom. The zero-order chi connectivity index (χ0) is 24.8. The van der Waals surface area contributed by atoms with Crippen LogP contribution in [0.3, 0.4) is 0 Å². The van der Waals surface area contributed by atoms with Crippen molar-refractivity contribution in [3.05, 3.63) is 65.8 Å². The fourth-order valence-electron chi connectivity index (χ4n) is 4.40. The van der Waals surface area contributed by atoms with Crippen molar-refractivity contribution in [2.45, 2.75) is 31.6 Å². The Morgan fingerprint density at radius 2 is 1.86 bits per heavy atom. The zero-order valence-corrected chi connectivity index (χ0v) is 20.0. The van der Waals surface area contributed by atoms with Crippen LogP contribution in [0.4, 0.5) is 10.1 Å². The van der Waals surface area contributed by atoms with Crippen LogP contribution in [0.5, 0.6) is 5.75 Å². The van der Waals surface area contributed by atoms with E-state index in [0.717, 1.165) is 37.1 Å². The lowest BCUT2D eigenvalue weighted by Gasteiger charge is -2.19. The van der Waals surface area contributed by atoms with Crippen molar-refractivity contribution in [3.63, 3.8) is 0 Å². The summed E-state index contributed by atoms with van der Waals surface area (Å²) in [6.07, 6.45) is 10.6. The summed E-state index contributed by atoms with van der Waals surface area (Å²) in [5.74, 6) is -0.914. The van der Waals surface area contributed by atoms with E-state index < -0.39 is 34.5 Å². The van der Waals surface area contributed by atoms with Crippen LogP contribution in [0.2, 0.25) is 0 Å². The molecule has 4 heterocycles. The highest BCUT2D eigenvalue weighted by Gasteiger charge is 2.29. The molecule has 2 aliphatic rings. The molecular weight excluding hydrogens is 483 g/mol. The van der Waals surface area contributed by atoms with Gasteiger partial charge >= 0.3 is 0 Å². The highest BCUT2D eigenvalue weighted by Crippen LogP contribution is 2.38. The number of rotatable bonds is 7. The Kier molecular flexibility index (Phi) is 5.82. The van der Waals surface area contributed by atoms with Gasteiger partial charge in [-0.2, -0.15) is 4.72 Å². The number of halogens is 1. The summed E-state index contributed by atoms with van der Waals surface area (Å²) >= 11 is -1.65. The van der Waals surface area contributed by atoms with Crippen LogP contribution in [0.25, 0.3) is 22.2 Å². The van der Waals surface area contributed by atoms with Crippen LogP contribution in [0.1, 0.15) is 53.3 Å². The number of nitrogens with zero attached hydrogens (tertiary/aromatic N) is 4. The number of carbonyl (C=O) groups is 1. The number of hydrogen-bond acceptors (Lipinski definition) is 8. The highest BCUT2D eigenvalue weighted by molar-refractivity contribution is 7.90. The SMILES string of the molecule is O=C(c1c(O)ccc(N[S+]([O-])N2CCCC2)c1F)c1c[nH]c2ncc(-c3cnc(C4CC4)nc3)cc12. The Balaban J connectivity index is 1.33. The summed E-state index contributed by atoms with van der Waals surface area (Å²) in [4.78, 5) is 29.7. The first-order valence-corrected chi connectivity index (χ1v) is 12.9. The van der Waals surface area contributed by atoms with E-state index in [1.807, 2.05) is 0 Å². The molecule has 1 saturated heterocycles. The topological polar surface area (TPSA) is 130 Å². The Bertz CT molecular complexity index is 1450. The molecule has 1 aliphatic carbocycles. The molecule has 1 unspecified atom stereocenters. The maximum atomic E-state index is 15.4. The van der Waals surface area contributed by atoms with E-state index in [-0.39, 0.29) is 11.3 Å². The van der Waals surface area contributed by atoms with Gasteiger partial charge in [0.2, 0.25) is 5.78 Å². The molecule has 11 heteroatoms. The summed E-state index contributed by atoms with van der Waals surface area (Å²) in [6.45, 7) is 1.29. The Morgan fingerprint density at radius 3 is 2.58 bits per heavy atom. The number of aromatic amines is 1. The molecule has 0 bridgehead atoms. The van der Waals surface area contributed by atoms with Crippen molar-refractivity contribution in [2.75, 3.05) is 17.8 Å². The maximum Gasteiger partial charge on any atom is 0.202 e. The smallest absolute Gasteiger partial charge is 0.202 e. The quantitative estimate of drug-likeness (QED) is 0.194. The molecule has 3 N–H and O–H groups in total. The third-order valence-corrected chi connectivity index (χ3v) is 7.80. The second kappa shape index (κ2) is 9.16. The second-order valence-electron chi connectivity index (χ2n) is 9.06. The molecule has 1 aliphatic heterocycles. The van der Waals surface area contributed by atoms with Crippen molar-refractivity contribution in [1.29, 1.82) is 0 Å². The lowest BCUT2D eigenvalue weighted by Crippen LogP contribution is -2.33. The lowest BCUT2D eigenvalue weighted by atomic mass is 10.00. The van der Waals surface area contributed by atoms with Gasteiger partial charge in [0.05, 0.1) is 0 Å². The van der Waals surface area contributed by atoms with Crippen molar-refractivity contribution >= 4 is 34.1 Å². The molecule has 2 fully saturated rings. The fourth-order valence-corrected chi connectivity index (χ4v) is 5.46. The lowest BCUT2D eigenvalue weighted by molar-refractivity contribution is 0.103. The minimum absolute atomic E-state index is 0.118. The summed E-state index contributed by atoms with van der Waals surface area (Å²) in [5, 5.41) is 10.9. The minimum atomic E-state index is -1.65. The molecule has 6 rings (SSSR count). The summed E-state index contributed by atoms with van der Waals surface area (Å²) in [6, 6.07) is 4.26. The number of carbonyl (C=O) groups excluding carboxylic acids is 1. The minimum Gasteiger partial charge on any atom is -0.573 e. The van der Waals surface area contributed by atoms with Crippen molar-refractivity contribution in [1.82, 2.24) is 24.2 Å². The summed E-state index contributed by atoms with van der Waals surface area (Å²) in [5.41, 5.74) is 1.44. The third kappa shape index (κ3) is 4.19. The number of phenolic OH excluding ortho intramolecular Hbond substituents is 1. The predicted octanol–water partition coefficient (Wildman–Crippen LogP) is 4.06. The number of nitrogens with one attached hydrogen (secondary N) is 2. The molecule has 0 amide bonds. The molecule has 184 valence electrons. The summed E-state index contributed by atoms with van der Waals surface area (Å²) in [7, 11) is 0. The first-order valence-electron chi connectivity index (χ1n) is 11.8. The van der Waals surface area contributed by atoms with E-state index in [2.05, 4.69) is 24.7 Å². The molecule has 36 heavy (non-hydrogen) atoms. The molecule has 0 spiro atoms. The number of H-pyrrole nitrogens is 1. The van der Waals surface area contributed by atoms with Gasteiger partial charge < -0.3 is 14.6 Å². The van der Waals surface area contributed by atoms with Gasteiger partial charge in [-0.3, -0.25) is 4.79 Å².